The summed E-state index contributed by atoms with van der Waals surface area (Å²) in [6.07, 6.45) is 3.83. The van der Waals surface area contributed by atoms with Crippen molar-refractivity contribution in [3.8, 4) is 11.5 Å². The monoisotopic (exact) mass is 373 g/mol. The van der Waals surface area contributed by atoms with E-state index in [-0.39, 0.29) is 5.91 Å². The van der Waals surface area contributed by atoms with E-state index in [1.54, 1.807) is 20.4 Å². The van der Waals surface area contributed by atoms with Crippen molar-refractivity contribution in [1.29, 1.82) is 0 Å². The molecule has 27 heavy (non-hydrogen) atoms. The zero-order chi connectivity index (χ0) is 19.6. The number of likely N-dealkylation sites (N-methyl/N-ethyl adjacent to an activating group) is 1. The minimum absolute atomic E-state index is 0.221. The van der Waals surface area contributed by atoms with Crippen molar-refractivity contribution in [2.45, 2.75) is 6.42 Å². The third-order valence-electron chi connectivity index (χ3n) is 3.90. The Labute approximate surface area is 159 Å². The van der Waals surface area contributed by atoms with Crippen molar-refractivity contribution in [1.82, 2.24) is 20.2 Å². The van der Waals surface area contributed by atoms with Crippen LogP contribution in [0.2, 0.25) is 0 Å². The molecule has 0 saturated heterocycles. The molecule has 8 heteroatoms. The molecule has 0 aliphatic heterocycles. The van der Waals surface area contributed by atoms with Crippen LogP contribution in [0.5, 0.6) is 11.5 Å². The smallest absolute Gasteiger partial charge is 0.271 e. The zero-order valence-electron chi connectivity index (χ0n) is 16.3. The van der Waals surface area contributed by atoms with Gasteiger partial charge < -0.3 is 25.0 Å². The van der Waals surface area contributed by atoms with Crippen molar-refractivity contribution < 1.29 is 14.3 Å². The van der Waals surface area contributed by atoms with Crippen LogP contribution in [0.1, 0.15) is 16.1 Å². The van der Waals surface area contributed by atoms with Crippen LogP contribution in [0.25, 0.3) is 0 Å². The van der Waals surface area contributed by atoms with Crippen molar-refractivity contribution >= 4 is 11.7 Å². The molecular weight excluding hydrogens is 346 g/mol. The molecule has 2 aromatic rings. The number of aromatic nitrogens is 2. The molecule has 0 atom stereocenters. The maximum Gasteiger partial charge on any atom is 0.271 e. The number of amides is 1. The summed E-state index contributed by atoms with van der Waals surface area (Å²) in [4.78, 5) is 22.4. The molecule has 0 fully saturated rings. The summed E-state index contributed by atoms with van der Waals surface area (Å²) in [7, 11) is 7.14. The topological polar surface area (TPSA) is 88.6 Å². The van der Waals surface area contributed by atoms with Gasteiger partial charge in [-0.1, -0.05) is 6.07 Å². The van der Waals surface area contributed by atoms with Gasteiger partial charge in [0.1, 0.15) is 11.5 Å². The van der Waals surface area contributed by atoms with Crippen molar-refractivity contribution in [2.75, 3.05) is 53.3 Å². The fourth-order valence-electron chi connectivity index (χ4n) is 2.39. The number of carbonyl (C=O) groups is 1. The molecule has 0 aliphatic carbocycles. The zero-order valence-corrected chi connectivity index (χ0v) is 16.3. The second kappa shape index (κ2) is 10.3. The van der Waals surface area contributed by atoms with Crippen LogP contribution in [0.3, 0.4) is 0 Å². The van der Waals surface area contributed by atoms with E-state index in [2.05, 4.69) is 20.6 Å². The average Bonchev–Trinajstić information content (AvgIpc) is 2.68. The lowest BCUT2D eigenvalue weighted by Crippen LogP contribution is -2.31. The van der Waals surface area contributed by atoms with Gasteiger partial charge in [0.15, 0.2) is 11.5 Å². The Hall–Kier alpha value is -2.87. The molecule has 0 spiro atoms. The van der Waals surface area contributed by atoms with E-state index >= 15 is 0 Å². The maximum absolute atomic E-state index is 12.0. The number of anilines is 1. The van der Waals surface area contributed by atoms with Crippen molar-refractivity contribution in [3.05, 3.63) is 41.9 Å². The second-order valence-electron chi connectivity index (χ2n) is 6.21. The second-order valence-corrected chi connectivity index (χ2v) is 6.21. The summed E-state index contributed by atoms with van der Waals surface area (Å²) in [5, 5.41) is 6.01. The minimum Gasteiger partial charge on any atom is -0.493 e. The molecule has 0 radical (unpaired) electrons. The standard InChI is InChI=1S/C19H27N5O3/c1-24(2)10-9-21-19(25)15-12-23-18(13-22-15)20-8-7-14-5-6-16(26-3)17(11-14)27-4/h5-6,11-13H,7-10H2,1-4H3,(H,20,23)(H,21,25). The molecule has 8 nitrogen and oxygen atoms in total. The summed E-state index contributed by atoms with van der Waals surface area (Å²) in [6, 6.07) is 5.83. The van der Waals surface area contributed by atoms with E-state index in [1.807, 2.05) is 37.2 Å². The van der Waals surface area contributed by atoms with Gasteiger partial charge in [-0.15, -0.1) is 0 Å². The first kappa shape index (κ1) is 20.4. The fraction of sp³-hybridized carbons (Fsp3) is 0.421. The summed E-state index contributed by atoms with van der Waals surface area (Å²) in [6.45, 7) is 2.02. The van der Waals surface area contributed by atoms with Gasteiger partial charge in [0, 0.05) is 19.6 Å². The summed E-state index contributed by atoms with van der Waals surface area (Å²) in [5.41, 5.74) is 1.42. The Balaban J connectivity index is 1.82. The molecule has 1 aromatic carbocycles. The molecular formula is C19H27N5O3. The van der Waals surface area contributed by atoms with E-state index in [0.717, 1.165) is 18.5 Å². The van der Waals surface area contributed by atoms with E-state index in [1.165, 1.54) is 6.20 Å². The predicted octanol–water partition coefficient (Wildman–Crippen LogP) is 1.44. The SMILES string of the molecule is COc1ccc(CCNc2cnc(C(=O)NCCN(C)C)cn2)cc1OC. The van der Waals surface area contributed by atoms with Crippen LogP contribution in [0, 0.1) is 0 Å². The molecule has 1 amide bonds. The maximum atomic E-state index is 12.0. The summed E-state index contributed by atoms with van der Waals surface area (Å²) < 4.78 is 10.5. The van der Waals surface area contributed by atoms with E-state index in [0.29, 0.717) is 36.1 Å². The van der Waals surface area contributed by atoms with Gasteiger partial charge in [-0.3, -0.25) is 4.79 Å². The van der Waals surface area contributed by atoms with Crippen LogP contribution in [-0.2, 0) is 6.42 Å². The van der Waals surface area contributed by atoms with Gasteiger partial charge in [0.25, 0.3) is 5.91 Å². The number of rotatable bonds is 10. The average molecular weight is 373 g/mol. The third kappa shape index (κ3) is 6.41. The lowest BCUT2D eigenvalue weighted by Gasteiger charge is -2.11. The first-order valence-electron chi connectivity index (χ1n) is 8.73. The number of hydrogen-bond donors (Lipinski definition) is 2. The molecule has 0 aliphatic rings. The van der Waals surface area contributed by atoms with Gasteiger partial charge in [-0.2, -0.15) is 0 Å². The Kier molecular flexibility index (Phi) is 7.81. The summed E-state index contributed by atoms with van der Waals surface area (Å²) in [5.74, 6) is 1.82. The van der Waals surface area contributed by atoms with Crippen LogP contribution < -0.4 is 20.1 Å². The number of nitrogens with zero attached hydrogens (tertiary/aromatic N) is 3. The highest BCUT2D eigenvalue weighted by Gasteiger charge is 2.08. The normalized spacial score (nSPS) is 10.6. The van der Waals surface area contributed by atoms with Crippen LogP contribution in [0.4, 0.5) is 5.82 Å². The highest BCUT2D eigenvalue weighted by molar-refractivity contribution is 5.91. The van der Waals surface area contributed by atoms with E-state index in [4.69, 9.17) is 9.47 Å². The molecule has 1 aromatic heterocycles. The van der Waals surface area contributed by atoms with Gasteiger partial charge in [-0.25, -0.2) is 9.97 Å². The van der Waals surface area contributed by atoms with Gasteiger partial charge in [-0.05, 0) is 38.2 Å². The highest BCUT2D eigenvalue weighted by atomic mass is 16.5. The molecule has 2 N–H and O–H groups in total. The molecule has 1 heterocycles. The van der Waals surface area contributed by atoms with Gasteiger partial charge >= 0.3 is 0 Å². The number of methoxy groups -OCH3 is 2. The third-order valence-corrected chi connectivity index (χ3v) is 3.90. The quantitative estimate of drug-likeness (QED) is 0.651. The van der Waals surface area contributed by atoms with Crippen LogP contribution >= 0.6 is 0 Å². The largest absolute Gasteiger partial charge is 0.493 e. The summed E-state index contributed by atoms with van der Waals surface area (Å²) >= 11 is 0. The first-order valence-corrected chi connectivity index (χ1v) is 8.73. The molecule has 0 unspecified atom stereocenters. The van der Waals surface area contributed by atoms with Crippen LogP contribution in [-0.4, -0.2) is 68.7 Å². The Morgan fingerprint density at radius 2 is 1.85 bits per heavy atom. The Morgan fingerprint density at radius 1 is 1.07 bits per heavy atom. The molecule has 0 bridgehead atoms. The minimum atomic E-state index is -0.221. The highest BCUT2D eigenvalue weighted by Crippen LogP contribution is 2.27. The first-order chi connectivity index (χ1) is 13.0. The lowest BCUT2D eigenvalue weighted by molar-refractivity contribution is 0.0945. The number of nitrogens with one attached hydrogen (secondary N) is 2. The molecule has 146 valence electrons. The molecule has 2 rings (SSSR count). The Morgan fingerprint density at radius 3 is 2.48 bits per heavy atom. The predicted molar refractivity (Wildman–Crippen MR) is 105 cm³/mol. The van der Waals surface area contributed by atoms with Gasteiger partial charge in [0.05, 0.1) is 26.6 Å². The number of hydrogen-bond acceptors (Lipinski definition) is 7. The fourth-order valence-corrected chi connectivity index (χ4v) is 2.39. The molecule has 0 saturated carbocycles. The van der Waals surface area contributed by atoms with Crippen LogP contribution in [0.15, 0.2) is 30.6 Å². The van der Waals surface area contributed by atoms with E-state index in [9.17, 15) is 4.79 Å². The number of benzene rings is 1. The number of carbonyl (C=O) groups excluding carboxylic acids is 1. The number of ether oxygens (including phenoxy) is 2. The van der Waals surface area contributed by atoms with Crippen molar-refractivity contribution in [2.24, 2.45) is 0 Å². The van der Waals surface area contributed by atoms with Gasteiger partial charge in [0.2, 0.25) is 0 Å². The van der Waals surface area contributed by atoms with E-state index < -0.39 is 0 Å². The Bertz CT molecular complexity index is 735. The lowest BCUT2D eigenvalue weighted by atomic mass is 10.1. The van der Waals surface area contributed by atoms with Crippen molar-refractivity contribution in [3.63, 3.8) is 0 Å².